The summed E-state index contributed by atoms with van der Waals surface area (Å²) < 4.78 is 11.5. The molecule has 4 aromatic rings. The first kappa shape index (κ1) is 16.1. The summed E-state index contributed by atoms with van der Waals surface area (Å²) in [6.45, 7) is 1.97. The van der Waals surface area contributed by atoms with Crippen molar-refractivity contribution in [3.05, 3.63) is 78.9 Å². The van der Waals surface area contributed by atoms with Gasteiger partial charge in [0, 0.05) is 19.3 Å². The summed E-state index contributed by atoms with van der Waals surface area (Å²) in [5, 5.41) is 4.85. The SMILES string of the molecule is COP(C)Oc1ccc2ccccc2c1-c1cccc2ccccc12. The van der Waals surface area contributed by atoms with Gasteiger partial charge in [0.2, 0.25) is 8.38 Å². The maximum absolute atomic E-state index is 6.15. The minimum absolute atomic E-state index is 0.866. The largest absolute Gasteiger partial charge is 0.447 e. The zero-order chi connectivity index (χ0) is 17.2. The highest BCUT2D eigenvalue weighted by molar-refractivity contribution is 7.46. The van der Waals surface area contributed by atoms with Crippen molar-refractivity contribution in [2.45, 2.75) is 0 Å². The number of rotatable bonds is 4. The summed E-state index contributed by atoms with van der Waals surface area (Å²) in [6, 6.07) is 27.5. The summed E-state index contributed by atoms with van der Waals surface area (Å²) in [6.07, 6.45) is 0. The predicted octanol–water partition coefficient (Wildman–Crippen LogP) is 6.63. The number of hydrogen-bond donors (Lipinski definition) is 0. The molecule has 0 radical (unpaired) electrons. The molecule has 4 rings (SSSR count). The van der Waals surface area contributed by atoms with Gasteiger partial charge in [-0.05, 0) is 33.2 Å². The monoisotopic (exact) mass is 346 g/mol. The van der Waals surface area contributed by atoms with Crippen LogP contribution < -0.4 is 4.52 Å². The van der Waals surface area contributed by atoms with E-state index in [-0.39, 0.29) is 0 Å². The number of fused-ring (bicyclic) bond motifs is 2. The molecule has 1 unspecified atom stereocenters. The Morgan fingerprint density at radius 3 is 2.08 bits per heavy atom. The first-order valence-corrected chi connectivity index (χ1v) is 9.86. The molecule has 0 heterocycles. The molecule has 25 heavy (non-hydrogen) atoms. The van der Waals surface area contributed by atoms with Crippen LogP contribution in [0.2, 0.25) is 0 Å². The van der Waals surface area contributed by atoms with Crippen LogP contribution in [0.25, 0.3) is 32.7 Å². The molecule has 0 aliphatic carbocycles. The fourth-order valence-electron chi connectivity index (χ4n) is 3.22. The predicted molar refractivity (Wildman–Crippen MR) is 107 cm³/mol. The standard InChI is InChI=1S/C22H19O2P/c1-23-25(2)24-21-15-14-17-9-4-6-12-19(17)22(21)20-13-7-10-16-8-3-5-11-18(16)20/h3-15H,1-2H3. The first-order chi connectivity index (χ1) is 12.3. The van der Waals surface area contributed by atoms with Crippen molar-refractivity contribution < 1.29 is 9.05 Å². The summed E-state index contributed by atoms with van der Waals surface area (Å²) in [4.78, 5) is 0. The lowest BCUT2D eigenvalue weighted by atomic mass is 9.93. The van der Waals surface area contributed by atoms with Crippen molar-refractivity contribution in [1.82, 2.24) is 0 Å². The lowest BCUT2D eigenvalue weighted by molar-refractivity contribution is 0.401. The maximum Gasteiger partial charge on any atom is 0.226 e. The average Bonchev–Trinajstić information content (AvgIpc) is 2.67. The van der Waals surface area contributed by atoms with Crippen molar-refractivity contribution >= 4 is 29.9 Å². The second-order valence-electron chi connectivity index (χ2n) is 5.90. The summed E-state index contributed by atoms with van der Waals surface area (Å²) in [5.74, 6) is 0.866. The molecule has 2 nitrogen and oxygen atoms in total. The second kappa shape index (κ2) is 6.84. The molecule has 0 aliphatic heterocycles. The van der Waals surface area contributed by atoms with Crippen LogP contribution in [-0.2, 0) is 4.52 Å². The lowest BCUT2D eigenvalue weighted by Crippen LogP contribution is -1.93. The highest BCUT2D eigenvalue weighted by Gasteiger charge is 2.15. The normalized spacial score (nSPS) is 12.4. The van der Waals surface area contributed by atoms with Crippen LogP contribution in [0.3, 0.4) is 0 Å². The van der Waals surface area contributed by atoms with Crippen LogP contribution in [0.5, 0.6) is 5.75 Å². The summed E-state index contributed by atoms with van der Waals surface area (Å²) >= 11 is 0. The second-order valence-corrected chi connectivity index (χ2v) is 7.33. The van der Waals surface area contributed by atoms with Gasteiger partial charge in [-0.2, -0.15) is 0 Å². The lowest BCUT2D eigenvalue weighted by Gasteiger charge is -2.18. The van der Waals surface area contributed by atoms with Gasteiger partial charge < -0.3 is 9.05 Å². The molecular weight excluding hydrogens is 327 g/mol. The molecule has 4 aromatic carbocycles. The molecule has 0 amide bonds. The Labute approximate surface area is 148 Å². The topological polar surface area (TPSA) is 18.5 Å². The minimum atomic E-state index is -0.960. The summed E-state index contributed by atoms with van der Waals surface area (Å²) in [5.41, 5.74) is 2.31. The molecule has 0 aromatic heterocycles. The van der Waals surface area contributed by atoms with Crippen molar-refractivity contribution in [2.75, 3.05) is 13.8 Å². The number of hydrogen-bond acceptors (Lipinski definition) is 2. The van der Waals surface area contributed by atoms with Crippen LogP contribution in [-0.4, -0.2) is 13.8 Å². The Hall–Kier alpha value is -2.41. The van der Waals surface area contributed by atoms with Gasteiger partial charge in [-0.15, -0.1) is 0 Å². The van der Waals surface area contributed by atoms with E-state index in [1.807, 2.05) is 6.66 Å². The third kappa shape index (κ3) is 3.00. The van der Waals surface area contributed by atoms with Crippen LogP contribution >= 0.6 is 8.38 Å². The maximum atomic E-state index is 6.15. The van der Waals surface area contributed by atoms with Gasteiger partial charge >= 0.3 is 0 Å². The quantitative estimate of drug-likeness (QED) is 0.386. The Bertz CT molecular complexity index is 1040. The van der Waals surface area contributed by atoms with E-state index < -0.39 is 8.38 Å². The van der Waals surface area contributed by atoms with E-state index in [9.17, 15) is 0 Å². The third-order valence-corrected chi connectivity index (χ3v) is 5.40. The van der Waals surface area contributed by atoms with Crippen LogP contribution in [0, 0.1) is 0 Å². The van der Waals surface area contributed by atoms with Gasteiger partial charge in [0.1, 0.15) is 5.75 Å². The Kier molecular flexibility index (Phi) is 4.40. The van der Waals surface area contributed by atoms with Crippen LogP contribution in [0.15, 0.2) is 78.9 Å². The fourth-order valence-corrected chi connectivity index (χ4v) is 3.73. The average molecular weight is 346 g/mol. The van der Waals surface area contributed by atoms with Crippen molar-refractivity contribution in [1.29, 1.82) is 0 Å². The molecule has 0 bridgehead atoms. The van der Waals surface area contributed by atoms with Crippen molar-refractivity contribution in [2.24, 2.45) is 0 Å². The van der Waals surface area contributed by atoms with Crippen LogP contribution in [0.4, 0.5) is 0 Å². The van der Waals surface area contributed by atoms with Gasteiger partial charge in [-0.25, -0.2) is 0 Å². The smallest absolute Gasteiger partial charge is 0.226 e. The highest BCUT2D eigenvalue weighted by atomic mass is 31.2. The van der Waals surface area contributed by atoms with Gasteiger partial charge in [0.25, 0.3) is 0 Å². The molecule has 0 spiro atoms. The van der Waals surface area contributed by atoms with E-state index in [1.54, 1.807) is 7.11 Å². The first-order valence-electron chi connectivity index (χ1n) is 8.23. The molecule has 1 atom stereocenters. The van der Waals surface area contributed by atoms with Crippen LogP contribution in [0.1, 0.15) is 0 Å². The molecule has 3 heteroatoms. The van der Waals surface area contributed by atoms with Gasteiger partial charge in [-0.3, -0.25) is 0 Å². The van der Waals surface area contributed by atoms with E-state index in [0.717, 1.165) is 11.3 Å². The molecule has 0 saturated heterocycles. The Morgan fingerprint density at radius 2 is 1.32 bits per heavy atom. The fraction of sp³-hybridized carbons (Fsp3) is 0.0909. The molecule has 124 valence electrons. The van der Waals surface area contributed by atoms with Gasteiger partial charge in [0.15, 0.2) is 0 Å². The van der Waals surface area contributed by atoms with E-state index in [1.165, 1.54) is 27.1 Å². The van der Waals surface area contributed by atoms with Gasteiger partial charge in [0.05, 0.1) is 0 Å². The molecule has 0 aliphatic rings. The third-order valence-electron chi connectivity index (χ3n) is 4.43. The molecular formula is C22H19O2P. The number of benzene rings is 4. The van der Waals surface area contributed by atoms with Crippen molar-refractivity contribution in [3.63, 3.8) is 0 Å². The van der Waals surface area contributed by atoms with Crippen molar-refractivity contribution in [3.8, 4) is 16.9 Å². The minimum Gasteiger partial charge on any atom is -0.447 e. The van der Waals surface area contributed by atoms with E-state index in [0.29, 0.717) is 0 Å². The van der Waals surface area contributed by atoms with E-state index in [2.05, 4.69) is 78.9 Å². The van der Waals surface area contributed by atoms with E-state index >= 15 is 0 Å². The zero-order valence-corrected chi connectivity index (χ0v) is 15.2. The Morgan fingerprint density at radius 1 is 0.680 bits per heavy atom. The summed E-state index contributed by atoms with van der Waals surface area (Å²) in [7, 11) is 0.725. The van der Waals surface area contributed by atoms with Gasteiger partial charge in [-0.1, -0.05) is 72.8 Å². The molecule has 0 N–H and O–H groups in total. The Balaban J connectivity index is 2.05. The zero-order valence-electron chi connectivity index (χ0n) is 14.3. The highest BCUT2D eigenvalue weighted by Crippen LogP contribution is 2.45. The molecule has 0 saturated carbocycles. The molecule has 0 fully saturated rings. The van der Waals surface area contributed by atoms with E-state index in [4.69, 9.17) is 9.05 Å².